The van der Waals surface area contributed by atoms with Gasteiger partial charge in [-0.1, -0.05) is 48.5 Å². The molecule has 0 bridgehead atoms. The number of carbonyl (C=O) groups excluding carboxylic acids is 1. The van der Waals surface area contributed by atoms with E-state index >= 15 is 0 Å². The first-order valence-electron chi connectivity index (χ1n) is 10.8. The summed E-state index contributed by atoms with van der Waals surface area (Å²) in [6.07, 6.45) is 0.292. The molecule has 0 saturated carbocycles. The molecular formula is C26H26N2O3. The van der Waals surface area contributed by atoms with Gasteiger partial charge in [0.1, 0.15) is 18.5 Å². The maximum absolute atomic E-state index is 12.4. The third-order valence-corrected chi connectivity index (χ3v) is 6.00. The zero-order valence-electron chi connectivity index (χ0n) is 17.6. The fourth-order valence-electron chi connectivity index (χ4n) is 4.59. The van der Waals surface area contributed by atoms with Crippen LogP contribution in [0.3, 0.4) is 0 Å². The van der Waals surface area contributed by atoms with Crippen LogP contribution >= 0.6 is 0 Å². The molecule has 0 aromatic heterocycles. The molecule has 0 spiro atoms. The Labute approximate surface area is 182 Å². The van der Waals surface area contributed by atoms with Gasteiger partial charge in [0.25, 0.3) is 0 Å². The van der Waals surface area contributed by atoms with Crippen LogP contribution in [0.2, 0.25) is 0 Å². The molecule has 1 amide bonds. The highest BCUT2D eigenvalue weighted by Crippen LogP contribution is 2.44. The van der Waals surface area contributed by atoms with E-state index < -0.39 is 6.09 Å². The summed E-state index contributed by atoms with van der Waals surface area (Å²) >= 11 is 0. The normalized spacial score (nSPS) is 16.1. The van der Waals surface area contributed by atoms with Crippen molar-refractivity contribution in [3.8, 4) is 16.9 Å². The predicted molar refractivity (Wildman–Crippen MR) is 122 cm³/mol. The summed E-state index contributed by atoms with van der Waals surface area (Å²) in [5.41, 5.74) is 7.13. The highest BCUT2D eigenvalue weighted by Gasteiger charge is 2.29. The van der Waals surface area contributed by atoms with E-state index in [1.54, 1.807) is 0 Å². The maximum atomic E-state index is 12.4. The lowest BCUT2D eigenvalue weighted by atomic mass is 9.98. The quantitative estimate of drug-likeness (QED) is 0.599. The molecule has 1 atom stereocenters. The molecule has 2 aliphatic rings. The largest absolute Gasteiger partial charge is 0.488 e. The third-order valence-electron chi connectivity index (χ3n) is 6.00. The van der Waals surface area contributed by atoms with Gasteiger partial charge in [-0.3, -0.25) is 0 Å². The van der Waals surface area contributed by atoms with Crippen molar-refractivity contribution >= 4 is 11.8 Å². The number of anilines is 1. The van der Waals surface area contributed by atoms with Gasteiger partial charge in [0, 0.05) is 24.6 Å². The number of alkyl carbamates (subject to hydrolysis) is 1. The van der Waals surface area contributed by atoms with E-state index in [0.29, 0.717) is 13.2 Å². The Morgan fingerprint density at radius 2 is 1.74 bits per heavy atom. The Bertz CT molecular complexity index is 1070. The molecule has 1 unspecified atom stereocenters. The highest BCUT2D eigenvalue weighted by molar-refractivity contribution is 5.79. The average Bonchev–Trinajstić information content (AvgIpc) is 3.35. The SMILES string of the molecule is CCNc1ccc2c(c1)CC(CNC(=O)OCC1c3ccccc3-c3ccccc31)O2. The highest BCUT2D eigenvalue weighted by atomic mass is 16.5. The van der Waals surface area contributed by atoms with E-state index in [4.69, 9.17) is 9.47 Å². The summed E-state index contributed by atoms with van der Waals surface area (Å²) in [5, 5.41) is 6.18. The van der Waals surface area contributed by atoms with E-state index in [1.165, 1.54) is 22.3 Å². The molecule has 5 nitrogen and oxygen atoms in total. The molecule has 158 valence electrons. The van der Waals surface area contributed by atoms with Gasteiger partial charge in [0.05, 0.1) is 6.54 Å². The smallest absolute Gasteiger partial charge is 0.407 e. The fraction of sp³-hybridized carbons (Fsp3) is 0.269. The van der Waals surface area contributed by atoms with Crippen molar-refractivity contribution < 1.29 is 14.3 Å². The van der Waals surface area contributed by atoms with Crippen molar-refractivity contribution in [1.82, 2.24) is 5.32 Å². The number of carbonyl (C=O) groups is 1. The molecule has 3 aromatic rings. The summed E-state index contributed by atoms with van der Waals surface area (Å²) in [4.78, 5) is 12.4. The van der Waals surface area contributed by atoms with Crippen LogP contribution in [-0.2, 0) is 11.2 Å². The van der Waals surface area contributed by atoms with Crippen molar-refractivity contribution in [2.75, 3.05) is 25.0 Å². The lowest BCUT2D eigenvalue weighted by Crippen LogP contribution is -2.35. The van der Waals surface area contributed by atoms with Gasteiger partial charge >= 0.3 is 6.09 Å². The lowest BCUT2D eigenvalue weighted by Gasteiger charge is -2.16. The Kier molecular flexibility index (Phi) is 5.24. The van der Waals surface area contributed by atoms with Gasteiger partial charge in [-0.15, -0.1) is 0 Å². The lowest BCUT2D eigenvalue weighted by molar-refractivity contribution is 0.136. The Balaban J connectivity index is 1.16. The fourth-order valence-corrected chi connectivity index (χ4v) is 4.59. The van der Waals surface area contributed by atoms with Crippen LogP contribution in [0.5, 0.6) is 5.75 Å². The van der Waals surface area contributed by atoms with Crippen molar-refractivity contribution in [2.45, 2.75) is 25.4 Å². The predicted octanol–water partition coefficient (Wildman–Crippen LogP) is 4.96. The summed E-state index contributed by atoms with van der Waals surface area (Å²) in [5.74, 6) is 0.954. The number of hydrogen-bond acceptors (Lipinski definition) is 4. The Morgan fingerprint density at radius 1 is 1.03 bits per heavy atom. The molecule has 2 N–H and O–H groups in total. The van der Waals surface area contributed by atoms with Crippen LogP contribution in [-0.4, -0.2) is 31.9 Å². The summed E-state index contributed by atoms with van der Waals surface area (Å²) in [6, 6.07) is 22.8. The number of nitrogens with one attached hydrogen (secondary N) is 2. The number of ether oxygens (including phenoxy) is 2. The van der Waals surface area contributed by atoms with Gasteiger partial charge in [-0.25, -0.2) is 4.79 Å². The Hall–Kier alpha value is -3.47. The molecule has 0 radical (unpaired) electrons. The Morgan fingerprint density at radius 3 is 2.45 bits per heavy atom. The molecular weight excluding hydrogens is 388 g/mol. The van der Waals surface area contributed by atoms with E-state index in [-0.39, 0.29) is 12.0 Å². The minimum Gasteiger partial charge on any atom is -0.488 e. The molecule has 5 heteroatoms. The number of rotatable bonds is 6. The zero-order valence-corrected chi connectivity index (χ0v) is 17.6. The molecule has 3 aromatic carbocycles. The van der Waals surface area contributed by atoms with Crippen LogP contribution in [0.4, 0.5) is 10.5 Å². The van der Waals surface area contributed by atoms with Gasteiger partial charge in [-0.2, -0.15) is 0 Å². The number of hydrogen-bond donors (Lipinski definition) is 2. The summed E-state index contributed by atoms with van der Waals surface area (Å²) in [7, 11) is 0. The van der Waals surface area contributed by atoms with E-state index in [0.717, 1.165) is 30.0 Å². The second kappa shape index (κ2) is 8.34. The molecule has 1 heterocycles. The molecule has 1 aliphatic heterocycles. The third kappa shape index (κ3) is 3.83. The number of fused-ring (bicyclic) bond motifs is 4. The first-order chi connectivity index (χ1) is 15.2. The first-order valence-corrected chi connectivity index (χ1v) is 10.8. The van der Waals surface area contributed by atoms with Crippen molar-refractivity contribution in [3.63, 3.8) is 0 Å². The molecule has 1 aliphatic carbocycles. The van der Waals surface area contributed by atoms with Crippen molar-refractivity contribution in [1.29, 1.82) is 0 Å². The van der Waals surface area contributed by atoms with Gasteiger partial charge < -0.3 is 20.1 Å². The summed E-state index contributed by atoms with van der Waals surface area (Å²) in [6.45, 7) is 3.69. The van der Waals surface area contributed by atoms with E-state index in [2.05, 4.69) is 47.9 Å². The topological polar surface area (TPSA) is 59.6 Å². The van der Waals surface area contributed by atoms with Crippen LogP contribution in [0.15, 0.2) is 66.7 Å². The standard InChI is InChI=1S/C26H26N2O3/c1-2-27-18-11-12-25-17(13-18)14-19(31-25)15-28-26(29)30-16-24-22-9-5-3-7-20(22)21-8-4-6-10-23(21)24/h3-13,19,24,27H,2,14-16H2,1H3,(H,28,29). The first kappa shape index (κ1) is 19.5. The number of amides is 1. The van der Waals surface area contributed by atoms with Gasteiger partial charge in [0.2, 0.25) is 0 Å². The summed E-state index contributed by atoms with van der Waals surface area (Å²) < 4.78 is 11.6. The zero-order chi connectivity index (χ0) is 21.2. The van der Waals surface area contributed by atoms with Crippen LogP contribution < -0.4 is 15.4 Å². The second-order valence-corrected chi connectivity index (χ2v) is 8.00. The maximum Gasteiger partial charge on any atom is 0.407 e. The second-order valence-electron chi connectivity index (χ2n) is 8.00. The van der Waals surface area contributed by atoms with Gasteiger partial charge in [0.15, 0.2) is 0 Å². The van der Waals surface area contributed by atoms with Crippen molar-refractivity contribution in [3.05, 3.63) is 83.4 Å². The molecule has 0 saturated heterocycles. The van der Waals surface area contributed by atoms with Gasteiger partial charge in [-0.05, 0) is 52.9 Å². The van der Waals surface area contributed by atoms with Crippen LogP contribution in [0.1, 0.15) is 29.5 Å². The van der Waals surface area contributed by atoms with Crippen LogP contribution in [0.25, 0.3) is 11.1 Å². The number of benzene rings is 3. The van der Waals surface area contributed by atoms with Crippen LogP contribution in [0, 0.1) is 0 Å². The molecule has 31 heavy (non-hydrogen) atoms. The average molecular weight is 415 g/mol. The molecule has 0 fully saturated rings. The monoisotopic (exact) mass is 414 g/mol. The van der Waals surface area contributed by atoms with E-state index in [1.807, 2.05) is 36.4 Å². The minimum atomic E-state index is -0.408. The van der Waals surface area contributed by atoms with Crippen molar-refractivity contribution in [2.24, 2.45) is 0 Å². The minimum absolute atomic E-state index is 0.0645. The van der Waals surface area contributed by atoms with E-state index in [9.17, 15) is 4.79 Å². The molecule has 5 rings (SSSR count).